The lowest BCUT2D eigenvalue weighted by Crippen LogP contribution is -2.46. The highest BCUT2D eigenvalue weighted by Crippen LogP contribution is 2.08. The number of benzene rings is 2. The number of nitrogens with zero attached hydrogens (tertiary/aromatic N) is 3. The molecule has 0 aliphatic heterocycles. The summed E-state index contributed by atoms with van der Waals surface area (Å²) in [5, 5.41) is 6.79. The van der Waals surface area contributed by atoms with Crippen LogP contribution in [0.2, 0.25) is 0 Å². The molecule has 0 aliphatic rings. The minimum Gasteiger partial charge on any atom is -0.357 e. The summed E-state index contributed by atoms with van der Waals surface area (Å²) < 4.78 is 0. The first kappa shape index (κ1) is 23.4. The second-order valence-electron chi connectivity index (χ2n) is 7.78. The van der Waals surface area contributed by atoms with Crippen LogP contribution in [0.3, 0.4) is 0 Å². The lowest BCUT2D eigenvalue weighted by atomic mass is 10.1. The molecular formula is C24H35N5O. The van der Waals surface area contributed by atoms with Crippen molar-refractivity contribution in [1.29, 1.82) is 0 Å². The van der Waals surface area contributed by atoms with Gasteiger partial charge in [-0.3, -0.25) is 4.79 Å². The molecule has 0 radical (unpaired) electrons. The number of carbonyl (C=O) groups is 1. The van der Waals surface area contributed by atoms with Gasteiger partial charge in [0.25, 0.3) is 5.91 Å². The molecule has 2 aromatic carbocycles. The molecule has 0 saturated carbocycles. The normalized spacial score (nSPS) is 12.5. The summed E-state index contributed by atoms with van der Waals surface area (Å²) in [7, 11) is 7.73. The van der Waals surface area contributed by atoms with E-state index in [2.05, 4.69) is 60.8 Å². The SMILES string of the molecule is CCNC(=NCc1ccc(C(=O)N(C)C)cc1)NCC(Cc1ccccc1)N(C)C. The maximum absolute atomic E-state index is 12.0. The maximum Gasteiger partial charge on any atom is 0.253 e. The van der Waals surface area contributed by atoms with Gasteiger partial charge < -0.3 is 20.4 Å². The molecular weight excluding hydrogens is 374 g/mol. The van der Waals surface area contributed by atoms with Crippen LogP contribution in [-0.4, -0.2) is 69.0 Å². The van der Waals surface area contributed by atoms with E-state index in [1.807, 2.05) is 30.3 Å². The average molecular weight is 410 g/mol. The highest BCUT2D eigenvalue weighted by Gasteiger charge is 2.13. The van der Waals surface area contributed by atoms with Crippen LogP contribution in [0.4, 0.5) is 0 Å². The summed E-state index contributed by atoms with van der Waals surface area (Å²) in [6, 6.07) is 18.5. The molecule has 162 valence electrons. The van der Waals surface area contributed by atoms with Gasteiger partial charge in [-0.25, -0.2) is 4.99 Å². The Morgan fingerprint density at radius 1 is 0.933 bits per heavy atom. The lowest BCUT2D eigenvalue weighted by Gasteiger charge is -2.25. The third-order valence-electron chi connectivity index (χ3n) is 4.92. The molecule has 1 atom stereocenters. The predicted molar refractivity (Wildman–Crippen MR) is 125 cm³/mol. The van der Waals surface area contributed by atoms with E-state index in [0.717, 1.165) is 31.0 Å². The van der Waals surface area contributed by atoms with Gasteiger partial charge in [0, 0.05) is 38.8 Å². The molecule has 6 heteroatoms. The van der Waals surface area contributed by atoms with E-state index in [-0.39, 0.29) is 5.91 Å². The van der Waals surface area contributed by atoms with Gasteiger partial charge in [-0.2, -0.15) is 0 Å². The quantitative estimate of drug-likeness (QED) is 0.494. The second-order valence-corrected chi connectivity index (χ2v) is 7.78. The maximum atomic E-state index is 12.0. The number of aliphatic imine (C=N–C) groups is 1. The number of amides is 1. The number of carbonyl (C=O) groups excluding carboxylic acids is 1. The fourth-order valence-electron chi connectivity index (χ4n) is 3.06. The Hall–Kier alpha value is -2.86. The molecule has 2 rings (SSSR count). The molecule has 0 fully saturated rings. The molecule has 0 aliphatic carbocycles. The van der Waals surface area contributed by atoms with E-state index in [9.17, 15) is 4.79 Å². The Kier molecular flexibility index (Phi) is 9.35. The molecule has 30 heavy (non-hydrogen) atoms. The van der Waals surface area contributed by atoms with Crippen molar-refractivity contribution >= 4 is 11.9 Å². The summed E-state index contributed by atoms with van der Waals surface area (Å²) in [5.74, 6) is 0.805. The van der Waals surface area contributed by atoms with Crippen LogP contribution < -0.4 is 10.6 Å². The first-order valence-electron chi connectivity index (χ1n) is 10.4. The van der Waals surface area contributed by atoms with Gasteiger partial charge in [0.1, 0.15) is 0 Å². The van der Waals surface area contributed by atoms with Crippen molar-refractivity contribution in [3.63, 3.8) is 0 Å². The van der Waals surface area contributed by atoms with E-state index >= 15 is 0 Å². The highest BCUT2D eigenvalue weighted by atomic mass is 16.2. The van der Waals surface area contributed by atoms with Crippen molar-refractivity contribution in [2.24, 2.45) is 4.99 Å². The number of likely N-dealkylation sites (N-methyl/N-ethyl adjacent to an activating group) is 1. The smallest absolute Gasteiger partial charge is 0.253 e. The number of hydrogen-bond acceptors (Lipinski definition) is 3. The fraction of sp³-hybridized carbons (Fsp3) is 0.417. The van der Waals surface area contributed by atoms with Crippen molar-refractivity contribution in [3.8, 4) is 0 Å². The van der Waals surface area contributed by atoms with E-state index in [0.29, 0.717) is 18.2 Å². The predicted octanol–water partition coefficient (Wildman–Crippen LogP) is 2.62. The molecule has 2 N–H and O–H groups in total. The zero-order valence-electron chi connectivity index (χ0n) is 18.9. The standard InChI is InChI=1S/C24H35N5O/c1-6-25-24(26-17-20-12-14-21(15-13-20)23(30)29(4)5)27-18-22(28(2)3)16-19-10-8-7-9-11-19/h7-15,22H,6,16-18H2,1-5H3,(H2,25,26,27). The molecule has 1 unspecified atom stereocenters. The van der Waals surface area contributed by atoms with Gasteiger partial charge in [-0.05, 0) is 50.7 Å². The Morgan fingerprint density at radius 2 is 1.60 bits per heavy atom. The Balaban J connectivity index is 1.98. The van der Waals surface area contributed by atoms with E-state index < -0.39 is 0 Å². The van der Waals surface area contributed by atoms with Crippen LogP contribution in [0.15, 0.2) is 59.6 Å². The third-order valence-corrected chi connectivity index (χ3v) is 4.92. The number of rotatable bonds is 9. The van der Waals surface area contributed by atoms with Crippen molar-refractivity contribution in [1.82, 2.24) is 20.4 Å². The monoisotopic (exact) mass is 409 g/mol. The summed E-state index contributed by atoms with van der Waals surface area (Å²) in [5.41, 5.74) is 3.08. The lowest BCUT2D eigenvalue weighted by molar-refractivity contribution is 0.0827. The van der Waals surface area contributed by atoms with Gasteiger partial charge in [0.05, 0.1) is 6.54 Å². The minimum atomic E-state index is 0.00759. The number of guanidine groups is 1. The number of nitrogens with one attached hydrogen (secondary N) is 2. The van der Waals surface area contributed by atoms with Crippen LogP contribution >= 0.6 is 0 Å². The molecule has 0 spiro atoms. The summed E-state index contributed by atoms with van der Waals surface area (Å²) in [6.07, 6.45) is 0.974. The molecule has 1 amide bonds. The fourth-order valence-corrected chi connectivity index (χ4v) is 3.06. The van der Waals surface area contributed by atoms with Gasteiger partial charge in [0.15, 0.2) is 5.96 Å². The third kappa shape index (κ3) is 7.52. The van der Waals surface area contributed by atoms with Crippen LogP contribution in [0.5, 0.6) is 0 Å². The summed E-state index contributed by atoms with van der Waals surface area (Å²) in [6.45, 7) is 4.21. The van der Waals surface area contributed by atoms with Crippen LogP contribution in [0.25, 0.3) is 0 Å². The number of hydrogen-bond donors (Lipinski definition) is 2. The zero-order chi connectivity index (χ0) is 21.9. The largest absolute Gasteiger partial charge is 0.357 e. The van der Waals surface area contributed by atoms with Crippen molar-refractivity contribution in [2.45, 2.75) is 25.9 Å². The zero-order valence-corrected chi connectivity index (χ0v) is 18.9. The van der Waals surface area contributed by atoms with E-state index in [4.69, 9.17) is 4.99 Å². The average Bonchev–Trinajstić information content (AvgIpc) is 2.75. The molecule has 2 aromatic rings. The molecule has 0 saturated heterocycles. The molecule has 0 bridgehead atoms. The highest BCUT2D eigenvalue weighted by molar-refractivity contribution is 5.93. The Bertz CT molecular complexity index is 800. The van der Waals surface area contributed by atoms with Crippen LogP contribution in [0.1, 0.15) is 28.4 Å². The van der Waals surface area contributed by atoms with Gasteiger partial charge in [-0.15, -0.1) is 0 Å². The minimum absolute atomic E-state index is 0.00759. The van der Waals surface area contributed by atoms with Gasteiger partial charge >= 0.3 is 0 Å². The topological polar surface area (TPSA) is 60.0 Å². The van der Waals surface area contributed by atoms with Crippen LogP contribution in [0, 0.1) is 0 Å². The first-order valence-corrected chi connectivity index (χ1v) is 10.4. The van der Waals surface area contributed by atoms with Gasteiger partial charge in [0.2, 0.25) is 0 Å². The molecule has 0 heterocycles. The molecule has 6 nitrogen and oxygen atoms in total. The van der Waals surface area contributed by atoms with Crippen molar-refractivity contribution < 1.29 is 4.79 Å². The van der Waals surface area contributed by atoms with Crippen LogP contribution in [-0.2, 0) is 13.0 Å². The second kappa shape index (κ2) is 12.0. The van der Waals surface area contributed by atoms with Crippen molar-refractivity contribution in [3.05, 3.63) is 71.3 Å². The Labute approximate surface area is 181 Å². The van der Waals surface area contributed by atoms with Crippen molar-refractivity contribution in [2.75, 3.05) is 41.3 Å². The van der Waals surface area contributed by atoms with E-state index in [1.54, 1.807) is 19.0 Å². The molecule has 0 aromatic heterocycles. The van der Waals surface area contributed by atoms with Gasteiger partial charge in [-0.1, -0.05) is 42.5 Å². The summed E-state index contributed by atoms with van der Waals surface area (Å²) >= 11 is 0. The van der Waals surface area contributed by atoms with E-state index in [1.165, 1.54) is 5.56 Å². The summed E-state index contributed by atoms with van der Waals surface area (Å²) in [4.78, 5) is 20.5. The Morgan fingerprint density at radius 3 is 2.17 bits per heavy atom. The first-order chi connectivity index (χ1) is 14.4.